The van der Waals surface area contributed by atoms with Crippen LogP contribution >= 0.6 is 0 Å². The van der Waals surface area contributed by atoms with Gasteiger partial charge in [-0.15, -0.1) is 0 Å². The highest BCUT2D eigenvalue weighted by atomic mass is 16.6. The van der Waals surface area contributed by atoms with E-state index in [-0.39, 0.29) is 11.9 Å². The molecule has 2 aliphatic heterocycles. The molecule has 1 fully saturated rings. The summed E-state index contributed by atoms with van der Waals surface area (Å²) in [4.78, 5) is 15.1. The van der Waals surface area contributed by atoms with Gasteiger partial charge in [-0.2, -0.15) is 5.10 Å². The lowest BCUT2D eigenvalue weighted by Crippen LogP contribution is -2.39. The molecule has 1 atom stereocenters. The fraction of sp³-hybridized carbons (Fsp3) is 0.444. The van der Waals surface area contributed by atoms with Crippen molar-refractivity contribution in [2.45, 2.75) is 32.2 Å². The molecule has 0 radical (unpaired) electrons. The summed E-state index contributed by atoms with van der Waals surface area (Å²) in [7, 11) is 0. The van der Waals surface area contributed by atoms with Crippen molar-refractivity contribution in [1.29, 1.82) is 0 Å². The number of nitrogens with one attached hydrogen (secondary N) is 1. The van der Waals surface area contributed by atoms with Crippen LogP contribution in [-0.4, -0.2) is 40.8 Å². The molecule has 6 nitrogen and oxygen atoms in total. The Morgan fingerprint density at radius 2 is 2.08 bits per heavy atom. The van der Waals surface area contributed by atoms with E-state index in [2.05, 4.69) is 10.2 Å². The van der Waals surface area contributed by atoms with Crippen molar-refractivity contribution in [1.82, 2.24) is 15.1 Å². The zero-order valence-corrected chi connectivity index (χ0v) is 13.7. The minimum Gasteiger partial charge on any atom is -0.486 e. The number of H-pyrrole nitrogens is 1. The topological polar surface area (TPSA) is 67.5 Å². The summed E-state index contributed by atoms with van der Waals surface area (Å²) in [6.45, 7) is 3.86. The number of amides is 1. The highest BCUT2D eigenvalue weighted by Gasteiger charge is 2.31. The number of piperidine rings is 1. The lowest BCUT2D eigenvalue weighted by molar-refractivity contribution is 0.0604. The second kappa shape index (κ2) is 6.19. The SMILES string of the molecule is Cc1cn[nH]c1[C@@H]1CCCCN1C(=O)c1ccc2c(c1)OCCO2. The number of carbonyl (C=O) groups is 1. The molecule has 1 aromatic heterocycles. The Bertz CT molecular complexity index is 756. The molecule has 2 aliphatic rings. The first-order valence-corrected chi connectivity index (χ1v) is 8.44. The van der Waals surface area contributed by atoms with E-state index in [4.69, 9.17) is 9.47 Å². The molecule has 126 valence electrons. The lowest BCUT2D eigenvalue weighted by Gasteiger charge is -2.35. The fourth-order valence-electron chi connectivity index (χ4n) is 3.51. The van der Waals surface area contributed by atoms with E-state index in [1.54, 1.807) is 6.07 Å². The Hall–Kier alpha value is -2.50. The smallest absolute Gasteiger partial charge is 0.254 e. The standard InChI is InChI=1S/C18H21N3O3/c1-12-11-19-20-17(12)14-4-2-3-7-21(14)18(22)13-5-6-15-16(10-13)24-9-8-23-15/h5-6,10-11,14H,2-4,7-9H2,1H3,(H,19,20)/t14-/m0/s1. The van der Waals surface area contributed by atoms with Gasteiger partial charge in [0, 0.05) is 12.1 Å². The van der Waals surface area contributed by atoms with E-state index < -0.39 is 0 Å². The maximum Gasteiger partial charge on any atom is 0.254 e. The van der Waals surface area contributed by atoms with Gasteiger partial charge in [-0.1, -0.05) is 0 Å². The lowest BCUT2D eigenvalue weighted by atomic mass is 9.96. The molecule has 1 N–H and O–H groups in total. The van der Waals surface area contributed by atoms with Gasteiger partial charge in [-0.05, 0) is 49.9 Å². The Balaban J connectivity index is 1.63. The molecule has 4 rings (SSSR count). The molecular weight excluding hydrogens is 306 g/mol. The molecule has 3 heterocycles. The van der Waals surface area contributed by atoms with Crippen LogP contribution in [0.25, 0.3) is 0 Å². The Morgan fingerprint density at radius 1 is 1.25 bits per heavy atom. The molecule has 0 aliphatic carbocycles. The van der Waals surface area contributed by atoms with Gasteiger partial charge in [0.2, 0.25) is 0 Å². The molecular formula is C18H21N3O3. The maximum absolute atomic E-state index is 13.1. The largest absolute Gasteiger partial charge is 0.486 e. The quantitative estimate of drug-likeness (QED) is 0.921. The van der Waals surface area contributed by atoms with Gasteiger partial charge in [0.15, 0.2) is 11.5 Å². The predicted octanol–water partition coefficient (Wildman–Crippen LogP) is 2.86. The van der Waals surface area contributed by atoms with Gasteiger partial charge in [-0.25, -0.2) is 0 Å². The number of ether oxygens (including phenoxy) is 2. The van der Waals surface area contributed by atoms with Crippen LogP contribution in [0.15, 0.2) is 24.4 Å². The molecule has 6 heteroatoms. The number of hydrogen-bond donors (Lipinski definition) is 1. The number of nitrogens with zero attached hydrogens (tertiary/aromatic N) is 2. The van der Waals surface area contributed by atoms with Crippen molar-refractivity contribution in [2.75, 3.05) is 19.8 Å². The summed E-state index contributed by atoms with van der Waals surface area (Å²) in [5.74, 6) is 1.39. The zero-order valence-electron chi connectivity index (χ0n) is 13.7. The maximum atomic E-state index is 13.1. The first-order chi connectivity index (χ1) is 11.7. The molecule has 1 aromatic carbocycles. The molecule has 0 bridgehead atoms. The second-order valence-corrected chi connectivity index (χ2v) is 6.34. The number of hydrogen-bond acceptors (Lipinski definition) is 4. The van der Waals surface area contributed by atoms with Crippen LogP contribution in [0.2, 0.25) is 0 Å². The number of aryl methyl sites for hydroxylation is 1. The molecule has 0 saturated carbocycles. The number of fused-ring (bicyclic) bond motifs is 1. The predicted molar refractivity (Wildman–Crippen MR) is 88.4 cm³/mol. The molecule has 1 saturated heterocycles. The second-order valence-electron chi connectivity index (χ2n) is 6.34. The van der Waals surface area contributed by atoms with Crippen molar-refractivity contribution in [3.63, 3.8) is 0 Å². The van der Waals surface area contributed by atoms with Crippen LogP contribution < -0.4 is 9.47 Å². The summed E-state index contributed by atoms with van der Waals surface area (Å²) in [5.41, 5.74) is 2.78. The van der Waals surface area contributed by atoms with E-state index in [1.807, 2.05) is 30.2 Å². The number of aromatic nitrogens is 2. The minimum absolute atomic E-state index is 0.0330. The zero-order chi connectivity index (χ0) is 16.5. The van der Waals surface area contributed by atoms with Crippen molar-refractivity contribution in [3.05, 3.63) is 41.2 Å². The molecule has 0 spiro atoms. The van der Waals surface area contributed by atoms with Gasteiger partial charge >= 0.3 is 0 Å². The van der Waals surface area contributed by atoms with E-state index in [1.165, 1.54) is 0 Å². The summed E-state index contributed by atoms with van der Waals surface area (Å²) in [6, 6.07) is 5.49. The van der Waals surface area contributed by atoms with Gasteiger partial charge in [0.25, 0.3) is 5.91 Å². The summed E-state index contributed by atoms with van der Waals surface area (Å²) in [5, 5.41) is 7.19. The van der Waals surface area contributed by atoms with Crippen molar-refractivity contribution < 1.29 is 14.3 Å². The summed E-state index contributed by atoms with van der Waals surface area (Å²) in [6.07, 6.45) is 4.92. The van der Waals surface area contributed by atoms with E-state index in [0.29, 0.717) is 30.3 Å². The van der Waals surface area contributed by atoms with Crippen molar-refractivity contribution in [2.24, 2.45) is 0 Å². The van der Waals surface area contributed by atoms with Crippen molar-refractivity contribution in [3.8, 4) is 11.5 Å². The van der Waals surface area contributed by atoms with E-state index in [9.17, 15) is 4.79 Å². The van der Waals surface area contributed by atoms with Crippen LogP contribution in [0.5, 0.6) is 11.5 Å². The number of likely N-dealkylation sites (tertiary alicyclic amines) is 1. The average Bonchev–Trinajstić information content (AvgIpc) is 3.06. The van der Waals surface area contributed by atoms with Crippen LogP contribution in [0.1, 0.15) is 46.9 Å². The molecule has 2 aromatic rings. The molecule has 1 amide bonds. The Morgan fingerprint density at radius 3 is 2.88 bits per heavy atom. The first-order valence-electron chi connectivity index (χ1n) is 8.44. The van der Waals surface area contributed by atoms with Gasteiger partial charge in [-0.3, -0.25) is 9.89 Å². The monoisotopic (exact) mass is 327 g/mol. The van der Waals surface area contributed by atoms with Crippen LogP contribution in [0.3, 0.4) is 0 Å². The number of benzene rings is 1. The third-order valence-corrected chi connectivity index (χ3v) is 4.75. The molecule has 0 unspecified atom stereocenters. The third-order valence-electron chi connectivity index (χ3n) is 4.75. The van der Waals surface area contributed by atoms with Gasteiger partial charge < -0.3 is 14.4 Å². The number of carbonyl (C=O) groups excluding carboxylic acids is 1. The number of aromatic amines is 1. The number of rotatable bonds is 2. The van der Waals surface area contributed by atoms with E-state index in [0.717, 1.165) is 37.1 Å². The summed E-state index contributed by atoms with van der Waals surface area (Å²) < 4.78 is 11.1. The Kier molecular flexibility index (Phi) is 3.88. The van der Waals surface area contributed by atoms with Crippen LogP contribution in [-0.2, 0) is 0 Å². The normalized spacial score (nSPS) is 20.0. The highest BCUT2D eigenvalue weighted by molar-refractivity contribution is 5.95. The van der Waals surface area contributed by atoms with Crippen LogP contribution in [0.4, 0.5) is 0 Å². The van der Waals surface area contributed by atoms with Gasteiger partial charge in [0.05, 0.1) is 17.9 Å². The van der Waals surface area contributed by atoms with E-state index >= 15 is 0 Å². The average molecular weight is 327 g/mol. The highest BCUT2D eigenvalue weighted by Crippen LogP contribution is 2.35. The van der Waals surface area contributed by atoms with Crippen LogP contribution in [0, 0.1) is 6.92 Å². The van der Waals surface area contributed by atoms with Crippen molar-refractivity contribution >= 4 is 5.91 Å². The minimum atomic E-state index is 0.0330. The fourth-order valence-corrected chi connectivity index (χ4v) is 3.51. The Labute approximate surface area is 140 Å². The van der Waals surface area contributed by atoms with Gasteiger partial charge in [0.1, 0.15) is 13.2 Å². The summed E-state index contributed by atoms with van der Waals surface area (Å²) >= 11 is 0. The first kappa shape index (κ1) is 15.1. The molecule has 24 heavy (non-hydrogen) atoms. The third kappa shape index (κ3) is 2.62.